The lowest BCUT2D eigenvalue weighted by Crippen LogP contribution is -2.38. The van der Waals surface area contributed by atoms with Crippen LogP contribution in [0.1, 0.15) is 41.9 Å². The van der Waals surface area contributed by atoms with Gasteiger partial charge in [0.2, 0.25) is 0 Å². The average molecular weight is 348 g/mol. The van der Waals surface area contributed by atoms with Crippen LogP contribution in [0.4, 0.5) is 0 Å². The van der Waals surface area contributed by atoms with Crippen molar-refractivity contribution in [2.24, 2.45) is 0 Å². The van der Waals surface area contributed by atoms with Gasteiger partial charge < -0.3 is 4.57 Å². The normalized spacial score (nSPS) is 17.6. The molecular formula is C23H29N3. The standard InChI is InChI=1S/C23H29N3/c1-5-25-15-20-21(14-18(25)4)26(11-9-19-8-6-7-10-24-19)22-13-16(2)12-17(3)23(20)22/h6-8,10,12-13,18H,5,9,11,14-15H2,1-4H3. The van der Waals surface area contributed by atoms with Crippen LogP contribution in [0.5, 0.6) is 0 Å². The first-order chi connectivity index (χ1) is 12.6. The molecule has 0 spiro atoms. The lowest BCUT2D eigenvalue weighted by molar-refractivity contribution is 0.192. The zero-order valence-corrected chi connectivity index (χ0v) is 16.4. The fourth-order valence-electron chi connectivity index (χ4n) is 4.63. The molecule has 2 aromatic heterocycles. The van der Waals surface area contributed by atoms with E-state index in [1.54, 1.807) is 11.3 Å². The number of rotatable bonds is 4. The van der Waals surface area contributed by atoms with Crippen LogP contribution in [-0.2, 0) is 25.9 Å². The smallest absolute Gasteiger partial charge is 0.0491 e. The third-order valence-electron chi connectivity index (χ3n) is 5.92. The molecule has 1 aliphatic rings. The summed E-state index contributed by atoms with van der Waals surface area (Å²) >= 11 is 0. The minimum Gasteiger partial charge on any atom is -0.344 e. The van der Waals surface area contributed by atoms with E-state index < -0.39 is 0 Å². The SMILES string of the molecule is CCN1Cc2c(n(CCc3ccccn3)c3cc(C)cc(C)c23)CC1C. The number of fused-ring (bicyclic) bond motifs is 3. The largest absolute Gasteiger partial charge is 0.344 e. The lowest BCUT2D eigenvalue weighted by atomic mass is 9.97. The molecule has 1 aliphatic heterocycles. The maximum Gasteiger partial charge on any atom is 0.0491 e. The Labute approximate surface area is 156 Å². The molecule has 136 valence electrons. The van der Waals surface area contributed by atoms with E-state index >= 15 is 0 Å². The van der Waals surface area contributed by atoms with Crippen LogP contribution in [0, 0.1) is 13.8 Å². The van der Waals surface area contributed by atoms with E-state index in [9.17, 15) is 0 Å². The van der Waals surface area contributed by atoms with Gasteiger partial charge in [-0.05, 0) is 62.2 Å². The molecule has 3 aromatic rings. The summed E-state index contributed by atoms with van der Waals surface area (Å²) in [7, 11) is 0. The van der Waals surface area contributed by atoms with E-state index in [0.717, 1.165) is 32.5 Å². The topological polar surface area (TPSA) is 21.1 Å². The Morgan fingerprint density at radius 3 is 2.77 bits per heavy atom. The quantitative estimate of drug-likeness (QED) is 0.684. The van der Waals surface area contributed by atoms with Crippen LogP contribution in [0.15, 0.2) is 36.5 Å². The van der Waals surface area contributed by atoms with Crippen molar-refractivity contribution in [2.45, 2.75) is 59.7 Å². The fraction of sp³-hybridized carbons (Fsp3) is 0.435. The summed E-state index contributed by atoms with van der Waals surface area (Å²) in [6.07, 6.45) is 4.02. The minimum atomic E-state index is 0.604. The van der Waals surface area contributed by atoms with Crippen LogP contribution < -0.4 is 0 Å². The Morgan fingerprint density at radius 2 is 2.04 bits per heavy atom. The first-order valence-electron chi connectivity index (χ1n) is 9.83. The van der Waals surface area contributed by atoms with Crippen LogP contribution in [-0.4, -0.2) is 27.0 Å². The van der Waals surface area contributed by atoms with Crippen molar-refractivity contribution in [1.82, 2.24) is 14.5 Å². The monoisotopic (exact) mass is 347 g/mol. The predicted octanol–water partition coefficient (Wildman–Crippen LogP) is 4.66. The Morgan fingerprint density at radius 1 is 1.19 bits per heavy atom. The van der Waals surface area contributed by atoms with Crippen molar-refractivity contribution in [3.8, 4) is 0 Å². The van der Waals surface area contributed by atoms with Gasteiger partial charge >= 0.3 is 0 Å². The highest BCUT2D eigenvalue weighted by molar-refractivity contribution is 5.89. The molecule has 0 fully saturated rings. The van der Waals surface area contributed by atoms with Gasteiger partial charge in [0, 0.05) is 60.5 Å². The van der Waals surface area contributed by atoms with Gasteiger partial charge in [-0.25, -0.2) is 0 Å². The van der Waals surface area contributed by atoms with E-state index in [0.29, 0.717) is 6.04 Å². The van der Waals surface area contributed by atoms with Gasteiger partial charge in [-0.3, -0.25) is 9.88 Å². The second-order valence-corrected chi connectivity index (χ2v) is 7.74. The molecule has 1 atom stereocenters. The van der Waals surface area contributed by atoms with E-state index in [-0.39, 0.29) is 0 Å². The number of likely N-dealkylation sites (N-methyl/N-ethyl adjacent to an activating group) is 1. The summed E-state index contributed by atoms with van der Waals surface area (Å²) in [6.45, 7) is 12.3. The third kappa shape index (κ3) is 2.95. The van der Waals surface area contributed by atoms with Crippen LogP contribution in [0.3, 0.4) is 0 Å². The summed E-state index contributed by atoms with van der Waals surface area (Å²) < 4.78 is 2.59. The first kappa shape index (κ1) is 17.3. The van der Waals surface area contributed by atoms with Crippen LogP contribution in [0.25, 0.3) is 10.9 Å². The van der Waals surface area contributed by atoms with E-state index in [1.165, 1.54) is 27.7 Å². The molecule has 0 N–H and O–H groups in total. The summed E-state index contributed by atoms with van der Waals surface area (Å²) in [4.78, 5) is 7.13. The number of pyridine rings is 1. The molecule has 3 nitrogen and oxygen atoms in total. The Bertz CT molecular complexity index is 924. The van der Waals surface area contributed by atoms with E-state index in [4.69, 9.17) is 0 Å². The van der Waals surface area contributed by atoms with Gasteiger partial charge in [-0.2, -0.15) is 0 Å². The maximum atomic E-state index is 4.52. The van der Waals surface area contributed by atoms with Crippen LogP contribution >= 0.6 is 0 Å². The average Bonchev–Trinajstić information content (AvgIpc) is 2.92. The van der Waals surface area contributed by atoms with Crippen molar-refractivity contribution in [2.75, 3.05) is 6.54 Å². The number of nitrogens with zero attached hydrogens (tertiary/aromatic N) is 3. The molecule has 3 heterocycles. The summed E-state index contributed by atoms with van der Waals surface area (Å²) in [6, 6.07) is 11.5. The highest BCUT2D eigenvalue weighted by atomic mass is 15.2. The molecule has 0 saturated carbocycles. The van der Waals surface area contributed by atoms with Crippen molar-refractivity contribution in [1.29, 1.82) is 0 Å². The number of hydrogen-bond donors (Lipinski definition) is 0. The minimum absolute atomic E-state index is 0.604. The molecule has 0 amide bonds. The lowest BCUT2D eigenvalue weighted by Gasteiger charge is -2.33. The molecular weight excluding hydrogens is 318 g/mol. The second kappa shape index (κ2) is 6.88. The molecule has 4 rings (SSSR count). The zero-order chi connectivity index (χ0) is 18.3. The van der Waals surface area contributed by atoms with Crippen molar-refractivity contribution >= 4 is 10.9 Å². The second-order valence-electron chi connectivity index (χ2n) is 7.74. The molecule has 26 heavy (non-hydrogen) atoms. The summed E-state index contributed by atoms with van der Waals surface area (Å²) in [5, 5.41) is 1.48. The predicted molar refractivity (Wildman–Crippen MR) is 109 cm³/mol. The Balaban J connectivity index is 1.82. The number of aromatic nitrogens is 2. The van der Waals surface area contributed by atoms with Gasteiger partial charge in [0.15, 0.2) is 0 Å². The number of hydrogen-bond acceptors (Lipinski definition) is 2. The molecule has 0 radical (unpaired) electrons. The Kier molecular flexibility index (Phi) is 4.58. The highest BCUT2D eigenvalue weighted by Crippen LogP contribution is 2.35. The van der Waals surface area contributed by atoms with Crippen molar-refractivity contribution in [3.63, 3.8) is 0 Å². The van der Waals surface area contributed by atoms with Crippen LogP contribution in [0.2, 0.25) is 0 Å². The van der Waals surface area contributed by atoms with Gasteiger partial charge in [0.25, 0.3) is 0 Å². The third-order valence-corrected chi connectivity index (χ3v) is 5.92. The summed E-state index contributed by atoms with van der Waals surface area (Å²) in [5.74, 6) is 0. The van der Waals surface area contributed by atoms with Gasteiger partial charge in [-0.1, -0.05) is 19.1 Å². The van der Waals surface area contributed by atoms with Gasteiger partial charge in [0.1, 0.15) is 0 Å². The molecule has 3 heteroatoms. The van der Waals surface area contributed by atoms with E-state index in [1.807, 2.05) is 12.3 Å². The molecule has 1 unspecified atom stereocenters. The molecule has 0 saturated heterocycles. The van der Waals surface area contributed by atoms with Gasteiger partial charge in [-0.15, -0.1) is 0 Å². The Hall–Kier alpha value is -2.13. The van der Waals surface area contributed by atoms with Gasteiger partial charge in [0.05, 0.1) is 0 Å². The summed E-state index contributed by atoms with van der Waals surface area (Å²) in [5.41, 5.74) is 8.45. The number of benzene rings is 1. The van der Waals surface area contributed by atoms with Crippen molar-refractivity contribution < 1.29 is 0 Å². The zero-order valence-electron chi connectivity index (χ0n) is 16.4. The van der Waals surface area contributed by atoms with Crippen molar-refractivity contribution in [3.05, 3.63) is 64.6 Å². The highest BCUT2D eigenvalue weighted by Gasteiger charge is 2.28. The molecule has 0 aliphatic carbocycles. The molecule has 0 bridgehead atoms. The van der Waals surface area contributed by atoms with E-state index in [2.05, 4.69) is 66.4 Å². The molecule has 1 aromatic carbocycles. The number of aryl methyl sites for hydroxylation is 4. The fourth-order valence-corrected chi connectivity index (χ4v) is 4.63. The maximum absolute atomic E-state index is 4.52. The first-order valence-corrected chi connectivity index (χ1v) is 9.83.